The van der Waals surface area contributed by atoms with Crippen molar-refractivity contribution in [2.45, 2.75) is 102 Å². The molecule has 2 heterocycles. The number of phenolic OH excluding ortho intramolecular Hbond substituents is 1. The first-order valence-corrected chi connectivity index (χ1v) is 15.6. The quantitative estimate of drug-likeness (QED) is 0.0877. The van der Waals surface area contributed by atoms with E-state index in [1.54, 1.807) is 12.1 Å². The van der Waals surface area contributed by atoms with Crippen LogP contribution >= 0.6 is 0 Å². The van der Waals surface area contributed by atoms with E-state index in [-0.39, 0.29) is 37.3 Å². The van der Waals surface area contributed by atoms with E-state index < -0.39 is 35.9 Å². The summed E-state index contributed by atoms with van der Waals surface area (Å²) in [6, 6.07) is 2.82. The summed E-state index contributed by atoms with van der Waals surface area (Å²) in [5, 5.41) is 27.5. The number of rotatable bonds is 21. The first kappa shape index (κ1) is 34.8. The van der Waals surface area contributed by atoms with Crippen molar-refractivity contribution in [1.29, 1.82) is 0 Å². The van der Waals surface area contributed by atoms with Gasteiger partial charge in [0.1, 0.15) is 23.9 Å². The second-order valence-corrected chi connectivity index (χ2v) is 11.2. The molecule has 0 spiro atoms. The molecule has 0 fully saturated rings. The van der Waals surface area contributed by atoms with E-state index in [2.05, 4.69) is 42.8 Å². The van der Waals surface area contributed by atoms with E-state index in [1.165, 1.54) is 62.9 Å². The molecule has 0 saturated carbocycles. The Hall–Kier alpha value is -4.68. The fraction of sp³-hybridized carbons (Fsp3) is 0.500. The number of phenols is 1. The summed E-state index contributed by atoms with van der Waals surface area (Å²) in [5.74, 6) is -2.77. The molecular weight excluding hydrogens is 578 g/mol. The smallest absolute Gasteiger partial charge is 0.326 e. The maximum Gasteiger partial charge on any atom is 0.326 e. The molecule has 3 amide bonds. The molecular formula is C32H45N7O6. The Bertz CT molecular complexity index is 1310. The number of carboxylic acid groups (broad SMARTS) is 1. The van der Waals surface area contributed by atoms with E-state index in [0.717, 1.165) is 19.3 Å². The van der Waals surface area contributed by atoms with Crippen LogP contribution in [0.1, 0.15) is 81.7 Å². The minimum Gasteiger partial charge on any atom is -0.508 e. The Morgan fingerprint density at radius 2 is 1.22 bits per heavy atom. The average Bonchev–Trinajstić information content (AvgIpc) is 3.73. The van der Waals surface area contributed by atoms with Crippen LogP contribution in [0.2, 0.25) is 0 Å². The fourth-order valence-electron chi connectivity index (χ4n) is 4.95. The van der Waals surface area contributed by atoms with Crippen LogP contribution in [0.15, 0.2) is 49.3 Å². The second-order valence-electron chi connectivity index (χ2n) is 11.2. The van der Waals surface area contributed by atoms with Gasteiger partial charge in [-0.05, 0) is 24.1 Å². The van der Waals surface area contributed by atoms with E-state index >= 15 is 0 Å². The van der Waals surface area contributed by atoms with Crippen molar-refractivity contribution >= 4 is 23.7 Å². The molecule has 2 aromatic heterocycles. The Morgan fingerprint density at radius 3 is 1.76 bits per heavy atom. The van der Waals surface area contributed by atoms with Gasteiger partial charge in [0, 0.05) is 49.5 Å². The summed E-state index contributed by atoms with van der Waals surface area (Å²) in [7, 11) is 0. The van der Waals surface area contributed by atoms with Gasteiger partial charge >= 0.3 is 5.97 Å². The summed E-state index contributed by atoms with van der Waals surface area (Å²) < 4.78 is 0. The molecule has 0 aliphatic carbocycles. The number of nitrogens with zero attached hydrogens (tertiary/aromatic N) is 2. The SMILES string of the molecule is CCCCCCCCCCC(=O)N[C@@H](Cc1ccc(O)cc1)C(=O)N[C@@H](Cc1cnc[nH]1)C(=O)N[C@@H](Cc1cnc[nH]1)C(=O)O. The number of imidazole rings is 2. The molecule has 244 valence electrons. The van der Waals surface area contributed by atoms with Crippen LogP contribution in [0.25, 0.3) is 0 Å². The summed E-state index contributed by atoms with van der Waals surface area (Å²) in [4.78, 5) is 65.5. The zero-order valence-corrected chi connectivity index (χ0v) is 25.8. The van der Waals surface area contributed by atoms with E-state index in [0.29, 0.717) is 23.4 Å². The lowest BCUT2D eigenvalue weighted by atomic mass is 10.0. The molecule has 3 rings (SSSR count). The number of aromatic amines is 2. The molecule has 0 aliphatic rings. The molecule has 13 heteroatoms. The number of aromatic hydroxyl groups is 1. The van der Waals surface area contributed by atoms with Crippen molar-refractivity contribution in [2.75, 3.05) is 0 Å². The maximum atomic E-state index is 13.7. The molecule has 0 bridgehead atoms. The van der Waals surface area contributed by atoms with Crippen LogP contribution in [0, 0.1) is 0 Å². The maximum absolute atomic E-state index is 13.7. The summed E-state index contributed by atoms with van der Waals surface area (Å²) in [5.41, 5.74) is 1.76. The van der Waals surface area contributed by atoms with Crippen LogP contribution in [0.4, 0.5) is 0 Å². The monoisotopic (exact) mass is 623 g/mol. The number of hydrogen-bond acceptors (Lipinski definition) is 7. The van der Waals surface area contributed by atoms with Gasteiger partial charge in [-0.25, -0.2) is 14.8 Å². The molecule has 13 nitrogen and oxygen atoms in total. The van der Waals surface area contributed by atoms with Gasteiger partial charge in [0.05, 0.1) is 12.7 Å². The van der Waals surface area contributed by atoms with Gasteiger partial charge < -0.3 is 36.1 Å². The lowest BCUT2D eigenvalue weighted by Gasteiger charge is -2.24. The molecule has 1 aromatic carbocycles. The van der Waals surface area contributed by atoms with Crippen molar-refractivity contribution in [2.24, 2.45) is 0 Å². The highest BCUT2D eigenvalue weighted by Gasteiger charge is 2.30. The van der Waals surface area contributed by atoms with Gasteiger partial charge in [0.25, 0.3) is 0 Å². The second kappa shape index (κ2) is 18.9. The number of H-pyrrole nitrogens is 2. The van der Waals surface area contributed by atoms with Crippen LogP contribution in [0.5, 0.6) is 5.75 Å². The number of nitrogens with one attached hydrogen (secondary N) is 5. The van der Waals surface area contributed by atoms with Crippen LogP contribution in [-0.2, 0) is 38.4 Å². The van der Waals surface area contributed by atoms with Crippen molar-refractivity contribution < 1.29 is 29.4 Å². The zero-order valence-electron chi connectivity index (χ0n) is 25.8. The summed E-state index contributed by atoms with van der Waals surface area (Å²) >= 11 is 0. The van der Waals surface area contributed by atoms with Gasteiger partial charge in [0.15, 0.2) is 0 Å². The standard InChI is InChI=1S/C32H45N7O6/c1-2-3-4-5-6-7-8-9-10-29(41)37-26(15-22-11-13-25(40)14-12-22)30(42)38-27(16-23-18-33-20-35-23)31(43)39-28(32(44)45)17-24-19-34-21-36-24/h11-14,18-21,26-28,40H,2-10,15-17H2,1H3,(H,33,35)(H,34,36)(H,37,41)(H,38,42)(H,39,43)(H,44,45)/t26-,27-,28-/m0/s1. The van der Waals surface area contributed by atoms with Gasteiger partial charge in [-0.2, -0.15) is 0 Å². The predicted octanol–water partition coefficient (Wildman–Crippen LogP) is 2.94. The minimum absolute atomic E-state index is 0.00605. The molecule has 0 radical (unpaired) electrons. The van der Waals surface area contributed by atoms with Gasteiger partial charge in [-0.1, -0.05) is 64.0 Å². The number of benzene rings is 1. The van der Waals surface area contributed by atoms with E-state index in [9.17, 15) is 29.4 Å². The highest BCUT2D eigenvalue weighted by Crippen LogP contribution is 2.13. The highest BCUT2D eigenvalue weighted by atomic mass is 16.4. The third-order valence-corrected chi connectivity index (χ3v) is 7.49. The molecule has 3 atom stereocenters. The number of amides is 3. The Kier molecular flexibility index (Phi) is 14.6. The van der Waals surface area contributed by atoms with Crippen molar-refractivity contribution in [3.05, 3.63) is 66.3 Å². The first-order chi connectivity index (χ1) is 21.7. The molecule has 0 saturated heterocycles. The normalized spacial score (nSPS) is 13.0. The molecule has 0 aliphatic heterocycles. The van der Waals surface area contributed by atoms with Crippen LogP contribution in [0.3, 0.4) is 0 Å². The number of carbonyl (C=O) groups excluding carboxylic acids is 3. The van der Waals surface area contributed by atoms with Crippen molar-refractivity contribution in [3.8, 4) is 5.75 Å². The molecule has 7 N–H and O–H groups in total. The zero-order chi connectivity index (χ0) is 32.4. The minimum atomic E-state index is -1.28. The van der Waals surface area contributed by atoms with Crippen LogP contribution < -0.4 is 16.0 Å². The van der Waals surface area contributed by atoms with E-state index in [4.69, 9.17) is 0 Å². The Labute approximate surface area is 263 Å². The number of hydrogen-bond donors (Lipinski definition) is 7. The van der Waals surface area contributed by atoms with Crippen LogP contribution in [-0.4, -0.2) is 72.0 Å². The molecule has 3 aromatic rings. The fourth-order valence-corrected chi connectivity index (χ4v) is 4.95. The summed E-state index contributed by atoms with van der Waals surface area (Å²) in [6.45, 7) is 2.18. The van der Waals surface area contributed by atoms with Gasteiger partial charge in [-0.15, -0.1) is 0 Å². The third kappa shape index (κ3) is 12.8. The number of aromatic nitrogens is 4. The Balaban J connectivity index is 1.68. The largest absolute Gasteiger partial charge is 0.508 e. The number of carboxylic acids is 1. The predicted molar refractivity (Wildman–Crippen MR) is 167 cm³/mol. The molecule has 45 heavy (non-hydrogen) atoms. The Morgan fingerprint density at radius 1 is 0.711 bits per heavy atom. The average molecular weight is 624 g/mol. The lowest BCUT2D eigenvalue weighted by Crippen LogP contribution is -2.57. The van der Waals surface area contributed by atoms with Gasteiger partial charge in [-0.3, -0.25) is 14.4 Å². The first-order valence-electron chi connectivity index (χ1n) is 15.6. The number of aliphatic carboxylic acids is 1. The van der Waals surface area contributed by atoms with Crippen molar-refractivity contribution in [3.63, 3.8) is 0 Å². The van der Waals surface area contributed by atoms with E-state index in [1.807, 2.05) is 0 Å². The topological polar surface area (TPSA) is 202 Å². The lowest BCUT2D eigenvalue weighted by molar-refractivity contribution is -0.142. The number of carbonyl (C=O) groups is 4. The van der Waals surface area contributed by atoms with Gasteiger partial charge in [0.2, 0.25) is 17.7 Å². The third-order valence-electron chi connectivity index (χ3n) is 7.49. The highest BCUT2D eigenvalue weighted by molar-refractivity contribution is 5.93. The van der Waals surface area contributed by atoms with Crippen molar-refractivity contribution in [1.82, 2.24) is 35.9 Å². The molecule has 0 unspecified atom stereocenters. The number of unbranched alkanes of at least 4 members (excludes halogenated alkanes) is 7. The summed E-state index contributed by atoms with van der Waals surface area (Å²) in [6.07, 6.45) is 14.8.